The molecule has 0 aromatic heterocycles. The van der Waals surface area contributed by atoms with Crippen molar-refractivity contribution in [1.29, 1.82) is 0 Å². The van der Waals surface area contributed by atoms with E-state index in [1.54, 1.807) is 11.8 Å². The number of benzene rings is 1. The average molecular weight is 262 g/mol. The Morgan fingerprint density at radius 3 is 2.78 bits per heavy atom. The Bertz CT molecular complexity index is 414. The molecule has 1 atom stereocenters. The molecule has 1 aromatic carbocycles. The smallest absolute Gasteiger partial charge is 0.163 e. The summed E-state index contributed by atoms with van der Waals surface area (Å²) >= 11 is 1.78. The van der Waals surface area contributed by atoms with Crippen molar-refractivity contribution in [2.45, 2.75) is 37.4 Å². The molecule has 0 N–H and O–H groups in total. The summed E-state index contributed by atoms with van der Waals surface area (Å²) in [6.45, 7) is 0. The largest absolute Gasteiger partial charge is 0.300 e. The van der Waals surface area contributed by atoms with Crippen LogP contribution in [0, 0.1) is 0 Å². The zero-order valence-corrected chi connectivity index (χ0v) is 11.2. The van der Waals surface area contributed by atoms with Gasteiger partial charge >= 0.3 is 0 Å². The number of hydrogen-bond acceptors (Lipinski definition) is 3. The SMILES string of the molecule is O=C1CCCC(SCCC(=O)c2ccccc2)C1. The number of ketones is 2. The first-order valence-corrected chi connectivity index (χ1v) is 7.52. The van der Waals surface area contributed by atoms with Crippen LogP contribution in [0.15, 0.2) is 30.3 Å². The predicted molar refractivity (Wildman–Crippen MR) is 75.1 cm³/mol. The first kappa shape index (κ1) is 13.3. The van der Waals surface area contributed by atoms with Crippen molar-refractivity contribution in [2.24, 2.45) is 0 Å². The van der Waals surface area contributed by atoms with E-state index < -0.39 is 0 Å². The van der Waals surface area contributed by atoms with E-state index >= 15 is 0 Å². The number of carbonyl (C=O) groups excluding carboxylic acids is 2. The fourth-order valence-electron chi connectivity index (χ4n) is 2.21. The van der Waals surface area contributed by atoms with Crippen LogP contribution in [0.25, 0.3) is 0 Å². The quantitative estimate of drug-likeness (QED) is 0.762. The van der Waals surface area contributed by atoms with Crippen molar-refractivity contribution >= 4 is 23.3 Å². The molecule has 0 radical (unpaired) electrons. The zero-order chi connectivity index (χ0) is 12.8. The van der Waals surface area contributed by atoms with E-state index in [-0.39, 0.29) is 5.78 Å². The summed E-state index contributed by atoms with van der Waals surface area (Å²) < 4.78 is 0. The molecule has 3 heteroatoms. The second-order valence-corrected chi connectivity index (χ2v) is 6.08. The zero-order valence-electron chi connectivity index (χ0n) is 10.4. The number of carbonyl (C=O) groups is 2. The van der Waals surface area contributed by atoms with E-state index in [0.29, 0.717) is 23.9 Å². The third-order valence-corrected chi connectivity index (χ3v) is 4.53. The van der Waals surface area contributed by atoms with E-state index in [1.165, 1.54) is 0 Å². The summed E-state index contributed by atoms with van der Waals surface area (Å²) in [4.78, 5) is 23.2. The normalized spacial score (nSPS) is 19.8. The second-order valence-electron chi connectivity index (χ2n) is 4.67. The number of hydrogen-bond donors (Lipinski definition) is 0. The summed E-state index contributed by atoms with van der Waals surface area (Å²) in [5.41, 5.74) is 0.790. The van der Waals surface area contributed by atoms with E-state index in [2.05, 4.69) is 0 Å². The van der Waals surface area contributed by atoms with Crippen LogP contribution in [0.3, 0.4) is 0 Å². The van der Waals surface area contributed by atoms with Gasteiger partial charge in [0.2, 0.25) is 0 Å². The molecule has 1 unspecified atom stereocenters. The summed E-state index contributed by atoms with van der Waals surface area (Å²) in [5.74, 6) is 1.41. The van der Waals surface area contributed by atoms with Crippen molar-refractivity contribution in [1.82, 2.24) is 0 Å². The lowest BCUT2D eigenvalue weighted by molar-refractivity contribution is -0.120. The average Bonchev–Trinajstić information content (AvgIpc) is 2.40. The molecule has 0 bridgehead atoms. The van der Waals surface area contributed by atoms with Gasteiger partial charge in [0.25, 0.3) is 0 Å². The van der Waals surface area contributed by atoms with Crippen LogP contribution in [-0.4, -0.2) is 22.6 Å². The molecular formula is C15H18O2S. The molecule has 18 heavy (non-hydrogen) atoms. The molecule has 1 fully saturated rings. The molecule has 1 aromatic rings. The third kappa shape index (κ3) is 3.98. The van der Waals surface area contributed by atoms with Crippen LogP contribution in [-0.2, 0) is 4.79 Å². The van der Waals surface area contributed by atoms with Crippen LogP contribution in [0.1, 0.15) is 42.5 Å². The molecule has 96 valence electrons. The number of rotatable bonds is 5. The molecule has 1 aliphatic rings. The summed E-state index contributed by atoms with van der Waals surface area (Å²) in [6.07, 6.45) is 4.16. The first-order valence-electron chi connectivity index (χ1n) is 6.47. The molecule has 0 spiro atoms. The maximum absolute atomic E-state index is 11.9. The fourth-order valence-corrected chi connectivity index (χ4v) is 3.49. The molecule has 1 saturated carbocycles. The fraction of sp³-hybridized carbons (Fsp3) is 0.467. The monoisotopic (exact) mass is 262 g/mol. The third-order valence-electron chi connectivity index (χ3n) is 3.22. The van der Waals surface area contributed by atoms with Gasteiger partial charge in [-0.3, -0.25) is 9.59 Å². The van der Waals surface area contributed by atoms with E-state index in [4.69, 9.17) is 0 Å². The molecule has 2 nitrogen and oxygen atoms in total. The Hall–Kier alpha value is -1.09. The lowest BCUT2D eigenvalue weighted by Gasteiger charge is -2.19. The van der Waals surface area contributed by atoms with Crippen molar-refractivity contribution < 1.29 is 9.59 Å². The summed E-state index contributed by atoms with van der Waals surface area (Å²) in [5, 5.41) is 0.440. The van der Waals surface area contributed by atoms with Gasteiger partial charge in [0.05, 0.1) is 0 Å². The van der Waals surface area contributed by atoms with Gasteiger partial charge in [-0.1, -0.05) is 30.3 Å². The minimum atomic E-state index is 0.199. The van der Waals surface area contributed by atoms with Crippen molar-refractivity contribution in [3.8, 4) is 0 Å². The van der Waals surface area contributed by atoms with E-state index in [1.807, 2.05) is 30.3 Å². The van der Waals surface area contributed by atoms with Gasteiger partial charge in [0.1, 0.15) is 5.78 Å². The molecular weight excluding hydrogens is 244 g/mol. The van der Waals surface area contributed by atoms with E-state index in [9.17, 15) is 9.59 Å². The Labute approximate surface area is 112 Å². The van der Waals surface area contributed by atoms with Gasteiger partial charge in [0, 0.05) is 35.8 Å². The highest BCUT2D eigenvalue weighted by Gasteiger charge is 2.19. The van der Waals surface area contributed by atoms with Gasteiger partial charge in [-0.15, -0.1) is 0 Å². The molecule has 0 amide bonds. The standard InChI is InChI=1S/C15H18O2S/c16-13-7-4-8-14(11-13)18-10-9-15(17)12-5-2-1-3-6-12/h1-3,5-6,14H,4,7-11H2. The summed E-state index contributed by atoms with van der Waals surface area (Å²) in [7, 11) is 0. The van der Waals surface area contributed by atoms with Crippen LogP contribution >= 0.6 is 11.8 Å². The van der Waals surface area contributed by atoms with Gasteiger partial charge < -0.3 is 0 Å². The lowest BCUT2D eigenvalue weighted by Crippen LogP contribution is -2.17. The van der Waals surface area contributed by atoms with Crippen molar-refractivity contribution in [3.05, 3.63) is 35.9 Å². The molecule has 1 aliphatic carbocycles. The number of Topliss-reactive ketones (excluding diaryl/α,β-unsaturated/α-hetero) is 2. The highest BCUT2D eigenvalue weighted by Crippen LogP contribution is 2.27. The van der Waals surface area contributed by atoms with Crippen LogP contribution in [0.4, 0.5) is 0 Å². The van der Waals surface area contributed by atoms with Gasteiger partial charge in [0.15, 0.2) is 5.78 Å². The predicted octanol–water partition coefficient (Wildman–Crippen LogP) is 3.50. The number of thioether (sulfide) groups is 1. The van der Waals surface area contributed by atoms with Gasteiger partial charge in [-0.05, 0) is 12.8 Å². The minimum Gasteiger partial charge on any atom is -0.300 e. The van der Waals surface area contributed by atoms with Gasteiger partial charge in [-0.2, -0.15) is 11.8 Å². The first-order chi connectivity index (χ1) is 8.75. The Kier molecular flexibility index (Phi) is 5.00. The molecule has 0 heterocycles. The van der Waals surface area contributed by atoms with Crippen LogP contribution in [0.2, 0.25) is 0 Å². The lowest BCUT2D eigenvalue weighted by atomic mass is 9.99. The van der Waals surface area contributed by atoms with Gasteiger partial charge in [-0.25, -0.2) is 0 Å². The highest BCUT2D eigenvalue weighted by molar-refractivity contribution is 7.99. The Morgan fingerprint density at radius 1 is 1.28 bits per heavy atom. The molecule has 0 aliphatic heterocycles. The Morgan fingerprint density at radius 2 is 2.06 bits per heavy atom. The maximum Gasteiger partial charge on any atom is 0.163 e. The molecule has 2 rings (SSSR count). The Balaban J connectivity index is 1.72. The summed E-state index contributed by atoms with van der Waals surface area (Å²) in [6, 6.07) is 9.41. The second kappa shape index (κ2) is 6.74. The van der Waals surface area contributed by atoms with Crippen LogP contribution in [0.5, 0.6) is 0 Å². The van der Waals surface area contributed by atoms with Crippen molar-refractivity contribution in [3.63, 3.8) is 0 Å². The van der Waals surface area contributed by atoms with E-state index in [0.717, 1.165) is 30.6 Å². The topological polar surface area (TPSA) is 34.1 Å². The molecule has 0 saturated heterocycles. The highest BCUT2D eigenvalue weighted by atomic mass is 32.2. The minimum absolute atomic E-state index is 0.199. The van der Waals surface area contributed by atoms with Crippen molar-refractivity contribution in [2.75, 3.05) is 5.75 Å². The van der Waals surface area contributed by atoms with Crippen LogP contribution < -0.4 is 0 Å². The maximum atomic E-state index is 11.9.